The van der Waals surface area contributed by atoms with Crippen LogP contribution in [-0.2, 0) is 0 Å². The molecule has 0 saturated carbocycles. The molecule has 1 atom stereocenters. The van der Waals surface area contributed by atoms with Crippen molar-refractivity contribution in [2.24, 2.45) is 5.73 Å². The molecule has 1 aliphatic heterocycles. The molecule has 1 aromatic heterocycles. The van der Waals surface area contributed by atoms with Gasteiger partial charge in [0, 0.05) is 5.92 Å². The number of para-hydroxylation sites is 1. The molecule has 0 amide bonds. The van der Waals surface area contributed by atoms with E-state index in [0.717, 1.165) is 22.4 Å². The van der Waals surface area contributed by atoms with Crippen molar-refractivity contribution in [3.05, 3.63) is 88.9 Å². The lowest BCUT2D eigenvalue weighted by molar-refractivity contribution is 0.364. The fourth-order valence-corrected chi connectivity index (χ4v) is 3.21. The summed E-state index contributed by atoms with van der Waals surface area (Å²) in [5.74, 6) is 0.694. The number of hydrogen-bond donors (Lipinski definition) is 1. The largest absolute Gasteiger partial charge is 0.423 e. The third kappa shape index (κ3) is 2.36. The van der Waals surface area contributed by atoms with Gasteiger partial charge >= 0.3 is 0 Å². The lowest BCUT2D eigenvalue weighted by atomic mass is 9.84. The Hall–Kier alpha value is -3.52. The zero-order chi connectivity index (χ0) is 17.4. The molecule has 4 rings (SSSR count). The zero-order valence-corrected chi connectivity index (χ0v) is 13.7. The van der Waals surface area contributed by atoms with Gasteiger partial charge in [-0.1, -0.05) is 48.5 Å². The number of aromatic nitrogens is 2. The Labute approximate surface area is 145 Å². The van der Waals surface area contributed by atoms with E-state index in [2.05, 4.69) is 11.2 Å². The number of benzene rings is 2. The van der Waals surface area contributed by atoms with E-state index in [-0.39, 0.29) is 5.92 Å². The molecule has 0 saturated heterocycles. The second-order valence-corrected chi connectivity index (χ2v) is 5.92. The van der Waals surface area contributed by atoms with Crippen LogP contribution in [0, 0.1) is 11.3 Å². The zero-order valence-electron chi connectivity index (χ0n) is 13.7. The number of ether oxygens (including phenoxy) is 1. The van der Waals surface area contributed by atoms with E-state index in [1.54, 1.807) is 4.68 Å². The fourth-order valence-electron chi connectivity index (χ4n) is 3.21. The summed E-state index contributed by atoms with van der Waals surface area (Å²) in [4.78, 5) is 0. The van der Waals surface area contributed by atoms with E-state index in [9.17, 15) is 5.26 Å². The van der Waals surface area contributed by atoms with Gasteiger partial charge in [-0.15, -0.1) is 0 Å². The second-order valence-electron chi connectivity index (χ2n) is 5.92. The van der Waals surface area contributed by atoms with Crippen molar-refractivity contribution in [2.75, 3.05) is 0 Å². The molecule has 1 aliphatic rings. The number of nitrogens with two attached hydrogens (primary N) is 1. The summed E-state index contributed by atoms with van der Waals surface area (Å²) in [6.07, 6.45) is 0. The summed E-state index contributed by atoms with van der Waals surface area (Å²) in [6, 6.07) is 21.7. The molecule has 25 heavy (non-hydrogen) atoms. The van der Waals surface area contributed by atoms with Gasteiger partial charge in [0.15, 0.2) is 11.6 Å². The Morgan fingerprint density at radius 3 is 2.36 bits per heavy atom. The lowest BCUT2D eigenvalue weighted by Gasteiger charge is -2.26. The molecule has 0 fully saturated rings. The number of fused-ring (bicyclic) bond motifs is 1. The van der Waals surface area contributed by atoms with Crippen LogP contribution in [0.15, 0.2) is 72.1 Å². The summed E-state index contributed by atoms with van der Waals surface area (Å²) in [5.41, 5.74) is 10.0. The monoisotopic (exact) mass is 328 g/mol. The maximum absolute atomic E-state index is 9.64. The van der Waals surface area contributed by atoms with E-state index in [1.807, 2.05) is 67.6 Å². The van der Waals surface area contributed by atoms with E-state index >= 15 is 0 Å². The highest BCUT2D eigenvalue weighted by Crippen LogP contribution is 2.44. The molecule has 0 bridgehead atoms. The van der Waals surface area contributed by atoms with Gasteiger partial charge in [-0.2, -0.15) is 15.0 Å². The van der Waals surface area contributed by atoms with Crippen LogP contribution in [0.3, 0.4) is 0 Å². The van der Waals surface area contributed by atoms with Crippen molar-refractivity contribution in [3.8, 4) is 17.6 Å². The minimum Gasteiger partial charge on any atom is -0.423 e. The van der Waals surface area contributed by atoms with Gasteiger partial charge in [-0.3, -0.25) is 0 Å². The van der Waals surface area contributed by atoms with Crippen molar-refractivity contribution < 1.29 is 4.74 Å². The maximum Gasteiger partial charge on any atom is 0.230 e. The number of nitrogens with zero attached hydrogens (tertiary/aromatic N) is 3. The molecule has 0 aliphatic carbocycles. The average Bonchev–Trinajstić information content (AvgIpc) is 3.02. The molecule has 3 aromatic rings. The maximum atomic E-state index is 9.64. The van der Waals surface area contributed by atoms with Crippen LogP contribution in [0.25, 0.3) is 5.69 Å². The summed E-state index contributed by atoms with van der Waals surface area (Å²) >= 11 is 0. The standard InChI is InChI=1S/C20H16N4O/c1-13-17(14-8-4-2-5-9-14)18-16(12-21)23-24(20(18)25-19(13)22)15-10-6-3-7-11-15/h2-11,17H,22H2,1H3/t17-/m1/s1. The summed E-state index contributed by atoms with van der Waals surface area (Å²) in [7, 11) is 0. The first kappa shape index (κ1) is 15.0. The van der Waals surface area contributed by atoms with Crippen LogP contribution in [0.2, 0.25) is 0 Å². The molecular formula is C20H16N4O. The van der Waals surface area contributed by atoms with Crippen LogP contribution in [0.1, 0.15) is 29.7 Å². The van der Waals surface area contributed by atoms with Gasteiger partial charge in [0.05, 0.1) is 11.3 Å². The van der Waals surface area contributed by atoms with Gasteiger partial charge in [0.1, 0.15) is 6.07 Å². The van der Waals surface area contributed by atoms with Crippen molar-refractivity contribution >= 4 is 0 Å². The Balaban J connectivity index is 1.98. The third-order valence-corrected chi connectivity index (χ3v) is 4.43. The van der Waals surface area contributed by atoms with E-state index in [0.29, 0.717) is 17.5 Å². The minimum absolute atomic E-state index is 0.155. The molecular weight excluding hydrogens is 312 g/mol. The van der Waals surface area contributed by atoms with Gasteiger partial charge in [-0.25, -0.2) is 0 Å². The summed E-state index contributed by atoms with van der Waals surface area (Å²) in [5, 5.41) is 14.1. The van der Waals surface area contributed by atoms with Crippen LogP contribution in [-0.4, -0.2) is 9.78 Å². The predicted octanol–water partition coefficient (Wildman–Crippen LogP) is 3.46. The van der Waals surface area contributed by atoms with E-state index in [4.69, 9.17) is 10.5 Å². The first-order valence-electron chi connectivity index (χ1n) is 7.98. The number of hydrogen-bond acceptors (Lipinski definition) is 4. The Bertz CT molecular complexity index is 997. The van der Waals surface area contributed by atoms with Gasteiger partial charge in [-0.05, 0) is 30.2 Å². The van der Waals surface area contributed by atoms with Gasteiger partial charge in [0.2, 0.25) is 5.88 Å². The number of rotatable bonds is 2. The first-order chi connectivity index (χ1) is 12.2. The third-order valence-electron chi connectivity index (χ3n) is 4.43. The number of nitriles is 1. The summed E-state index contributed by atoms with van der Waals surface area (Å²) < 4.78 is 7.51. The Kier molecular flexibility index (Phi) is 3.51. The molecule has 2 N–H and O–H groups in total. The molecule has 122 valence electrons. The molecule has 2 heterocycles. The van der Waals surface area contributed by atoms with Crippen LogP contribution >= 0.6 is 0 Å². The summed E-state index contributed by atoms with van der Waals surface area (Å²) in [6.45, 7) is 1.93. The highest BCUT2D eigenvalue weighted by Gasteiger charge is 2.35. The highest BCUT2D eigenvalue weighted by molar-refractivity contribution is 5.56. The normalized spacial score (nSPS) is 16.1. The smallest absolute Gasteiger partial charge is 0.230 e. The van der Waals surface area contributed by atoms with Crippen molar-refractivity contribution in [1.29, 1.82) is 5.26 Å². The number of allylic oxidation sites excluding steroid dienone is 1. The van der Waals surface area contributed by atoms with Gasteiger partial charge < -0.3 is 10.5 Å². The molecule has 5 nitrogen and oxygen atoms in total. The van der Waals surface area contributed by atoms with Crippen LogP contribution in [0.4, 0.5) is 0 Å². The van der Waals surface area contributed by atoms with Gasteiger partial charge in [0.25, 0.3) is 0 Å². The topological polar surface area (TPSA) is 76.9 Å². The lowest BCUT2D eigenvalue weighted by Crippen LogP contribution is -2.21. The molecule has 0 spiro atoms. The molecule has 0 unspecified atom stereocenters. The van der Waals surface area contributed by atoms with Crippen molar-refractivity contribution in [3.63, 3.8) is 0 Å². The molecule has 0 radical (unpaired) electrons. The quantitative estimate of drug-likeness (QED) is 0.781. The van der Waals surface area contributed by atoms with Crippen LogP contribution in [0.5, 0.6) is 5.88 Å². The molecule has 5 heteroatoms. The highest BCUT2D eigenvalue weighted by atomic mass is 16.5. The molecule has 2 aromatic carbocycles. The van der Waals surface area contributed by atoms with Crippen LogP contribution < -0.4 is 10.5 Å². The van der Waals surface area contributed by atoms with E-state index in [1.165, 1.54) is 0 Å². The van der Waals surface area contributed by atoms with Crippen molar-refractivity contribution in [2.45, 2.75) is 12.8 Å². The average molecular weight is 328 g/mol. The Morgan fingerprint density at radius 2 is 1.72 bits per heavy atom. The second kappa shape index (κ2) is 5.84. The van der Waals surface area contributed by atoms with E-state index < -0.39 is 0 Å². The Morgan fingerprint density at radius 1 is 1.08 bits per heavy atom. The van der Waals surface area contributed by atoms with Crippen molar-refractivity contribution in [1.82, 2.24) is 9.78 Å². The SMILES string of the molecule is CC1=C(N)Oc2c(c(C#N)nn2-c2ccccc2)[C@H]1c1ccccc1. The minimum atomic E-state index is -0.155. The predicted molar refractivity (Wildman–Crippen MR) is 94.1 cm³/mol. The fraction of sp³-hybridized carbons (Fsp3) is 0.100. The first-order valence-corrected chi connectivity index (χ1v) is 7.98.